The minimum Gasteiger partial charge on any atom is -0.505 e. The molecule has 84 valence electrons. The summed E-state index contributed by atoms with van der Waals surface area (Å²) in [5.74, 6) is 0.605. The van der Waals surface area contributed by atoms with Gasteiger partial charge in [0.15, 0.2) is 0 Å². The van der Waals surface area contributed by atoms with Crippen LogP contribution < -0.4 is 0 Å². The van der Waals surface area contributed by atoms with Crippen molar-refractivity contribution >= 4 is 6.09 Å². The maximum atomic E-state index is 10.7. The number of hydrogen-bond donors (Lipinski definition) is 1. The highest BCUT2D eigenvalue weighted by atomic mass is 16.5. The molecule has 1 unspecified atom stereocenters. The highest BCUT2D eigenvalue weighted by Crippen LogP contribution is 2.59. The van der Waals surface area contributed by atoms with Crippen LogP contribution in [0.3, 0.4) is 0 Å². The van der Waals surface area contributed by atoms with Gasteiger partial charge in [0.05, 0.1) is 13.4 Å². The van der Waals surface area contributed by atoms with Crippen LogP contribution in [-0.2, 0) is 4.74 Å². The summed E-state index contributed by atoms with van der Waals surface area (Å²) in [6.45, 7) is 1.37. The number of piperidine rings is 1. The number of likely N-dealkylation sites (tertiary alicyclic amines) is 1. The fraction of sp³-hybridized carbons (Fsp3) is 0.727. The van der Waals surface area contributed by atoms with E-state index >= 15 is 0 Å². The van der Waals surface area contributed by atoms with Crippen LogP contribution in [0, 0.1) is 11.3 Å². The molecular formula is C11H17NO3. The normalized spacial score (nSPS) is 28.3. The van der Waals surface area contributed by atoms with Crippen molar-refractivity contribution in [1.82, 2.24) is 4.90 Å². The van der Waals surface area contributed by atoms with Gasteiger partial charge >= 0.3 is 6.09 Å². The Morgan fingerprint density at radius 2 is 2.20 bits per heavy atom. The number of nitrogens with zero attached hydrogens (tertiary/aromatic N) is 1. The first-order chi connectivity index (χ1) is 7.18. The zero-order valence-corrected chi connectivity index (χ0v) is 8.98. The van der Waals surface area contributed by atoms with Crippen molar-refractivity contribution in [3.63, 3.8) is 0 Å². The van der Waals surface area contributed by atoms with Gasteiger partial charge in [-0.3, -0.25) is 0 Å². The third-order valence-corrected chi connectivity index (χ3v) is 3.73. The maximum Gasteiger partial charge on any atom is 0.407 e. The van der Waals surface area contributed by atoms with Gasteiger partial charge in [-0.25, -0.2) is 4.79 Å². The third-order valence-electron chi connectivity index (χ3n) is 3.73. The van der Waals surface area contributed by atoms with Crippen LogP contribution in [0.2, 0.25) is 0 Å². The maximum absolute atomic E-state index is 10.7. The standard InChI is InChI=1S/C11H17NO3/c1-15-7-2-9-8-11(9)3-5-12(6-4-11)10(13)14/h2,7,9H,3-6,8H2,1H3,(H,13,14). The number of hydrogen-bond acceptors (Lipinski definition) is 2. The molecule has 1 heterocycles. The van der Waals surface area contributed by atoms with Gasteiger partial charge in [-0.15, -0.1) is 0 Å². The van der Waals surface area contributed by atoms with Crippen LogP contribution in [-0.4, -0.2) is 36.3 Å². The second-order valence-electron chi connectivity index (χ2n) is 4.51. The minimum absolute atomic E-state index is 0.390. The Morgan fingerprint density at radius 3 is 2.73 bits per heavy atom. The molecule has 1 spiro atoms. The molecule has 0 bridgehead atoms. The summed E-state index contributed by atoms with van der Waals surface area (Å²) in [6, 6.07) is 0. The van der Waals surface area contributed by atoms with Crippen LogP contribution in [0.4, 0.5) is 4.79 Å². The molecule has 2 fully saturated rings. The molecule has 1 aliphatic carbocycles. The van der Waals surface area contributed by atoms with E-state index in [4.69, 9.17) is 9.84 Å². The Hall–Kier alpha value is -1.19. The molecule has 1 saturated carbocycles. The fourth-order valence-electron chi connectivity index (χ4n) is 2.54. The average molecular weight is 211 g/mol. The highest BCUT2D eigenvalue weighted by Gasteiger charge is 2.53. The largest absolute Gasteiger partial charge is 0.505 e. The lowest BCUT2D eigenvalue weighted by atomic mass is 9.91. The number of rotatable bonds is 2. The molecule has 1 amide bonds. The fourth-order valence-corrected chi connectivity index (χ4v) is 2.54. The quantitative estimate of drug-likeness (QED) is 0.710. The van der Waals surface area contributed by atoms with Crippen LogP contribution >= 0.6 is 0 Å². The van der Waals surface area contributed by atoms with E-state index in [1.54, 1.807) is 13.4 Å². The van der Waals surface area contributed by atoms with Crippen LogP contribution in [0.5, 0.6) is 0 Å². The molecule has 4 heteroatoms. The van der Waals surface area contributed by atoms with Crippen molar-refractivity contribution in [3.8, 4) is 0 Å². The van der Waals surface area contributed by atoms with Gasteiger partial charge in [-0.1, -0.05) is 0 Å². The predicted octanol–water partition coefficient (Wildman–Crippen LogP) is 1.93. The van der Waals surface area contributed by atoms with Gasteiger partial charge in [0, 0.05) is 13.1 Å². The van der Waals surface area contributed by atoms with E-state index in [1.807, 2.05) is 0 Å². The second kappa shape index (κ2) is 3.76. The summed E-state index contributed by atoms with van der Waals surface area (Å²) < 4.78 is 4.90. The number of carboxylic acid groups (broad SMARTS) is 1. The Labute approximate surface area is 89.5 Å². The summed E-state index contributed by atoms with van der Waals surface area (Å²) >= 11 is 0. The zero-order chi connectivity index (χ0) is 10.9. The number of ether oxygens (including phenoxy) is 1. The van der Waals surface area contributed by atoms with E-state index in [2.05, 4.69) is 6.08 Å². The number of allylic oxidation sites excluding steroid dienone is 1. The summed E-state index contributed by atoms with van der Waals surface area (Å²) in [5.41, 5.74) is 0.390. The average Bonchev–Trinajstić information content (AvgIpc) is 2.89. The summed E-state index contributed by atoms with van der Waals surface area (Å²) in [5, 5.41) is 8.83. The van der Waals surface area contributed by atoms with Crippen molar-refractivity contribution in [2.75, 3.05) is 20.2 Å². The molecule has 1 N–H and O–H groups in total. The van der Waals surface area contributed by atoms with Crippen LogP contribution in [0.25, 0.3) is 0 Å². The van der Waals surface area contributed by atoms with Crippen LogP contribution in [0.1, 0.15) is 19.3 Å². The smallest absolute Gasteiger partial charge is 0.407 e. The van der Waals surface area contributed by atoms with Gasteiger partial charge in [0.25, 0.3) is 0 Å². The number of methoxy groups -OCH3 is 1. The first kappa shape index (κ1) is 10.3. The molecule has 1 atom stereocenters. The SMILES string of the molecule is COC=CC1CC12CCN(C(=O)O)CC2. The molecule has 0 aromatic heterocycles. The molecule has 0 aromatic carbocycles. The first-order valence-electron chi connectivity index (χ1n) is 5.35. The third kappa shape index (κ3) is 1.94. The molecule has 4 nitrogen and oxygen atoms in total. The lowest BCUT2D eigenvalue weighted by molar-refractivity contribution is 0.118. The van der Waals surface area contributed by atoms with Crippen molar-refractivity contribution < 1.29 is 14.6 Å². The predicted molar refractivity (Wildman–Crippen MR) is 55.5 cm³/mol. The van der Waals surface area contributed by atoms with Crippen molar-refractivity contribution in [2.45, 2.75) is 19.3 Å². The minimum atomic E-state index is -0.783. The first-order valence-corrected chi connectivity index (χ1v) is 5.35. The molecule has 2 aliphatic rings. The number of amides is 1. The van der Waals surface area contributed by atoms with Gasteiger partial charge < -0.3 is 14.7 Å². The Bertz CT molecular complexity index is 280. The molecule has 2 rings (SSSR count). The van der Waals surface area contributed by atoms with E-state index in [1.165, 1.54) is 11.3 Å². The Kier molecular flexibility index (Phi) is 2.59. The lowest BCUT2D eigenvalue weighted by Crippen LogP contribution is -2.38. The monoisotopic (exact) mass is 211 g/mol. The van der Waals surface area contributed by atoms with Crippen LogP contribution in [0.15, 0.2) is 12.3 Å². The molecule has 15 heavy (non-hydrogen) atoms. The number of carbonyl (C=O) groups is 1. The topological polar surface area (TPSA) is 49.8 Å². The van der Waals surface area contributed by atoms with E-state index in [9.17, 15) is 4.79 Å². The van der Waals surface area contributed by atoms with Gasteiger partial charge in [0.1, 0.15) is 0 Å². The van der Waals surface area contributed by atoms with E-state index in [-0.39, 0.29) is 0 Å². The molecule has 0 aromatic rings. The lowest BCUT2D eigenvalue weighted by Gasteiger charge is -2.30. The second-order valence-corrected chi connectivity index (χ2v) is 4.51. The van der Waals surface area contributed by atoms with Gasteiger partial charge in [-0.2, -0.15) is 0 Å². The summed E-state index contributed by atoms with van der Waals surface area (Å²) in [4.78, 5) is 12.2. The van der Waals surface area contributed by atoms with Crippen molar-refractivity contribution in [2.24, 2.45) is 11.3 Å². The van der Waals surface area contributed by atoms with Gasteiger partial charge in [-0.05, 0) is 36.7 Å². The zero-order valence-electron chi connectivity index (χ0n) is 8.98. The highest BCUT2D eigenvalue weighted by molar-refractivity contribution is 5.65. The Morgan fingerprint density at radius 1 is 1.53 bits per heavy atom. The Balaban J connectivity index is 1.85. The molecule has 1 aliphatic heterocycles. The van der Waals surface area contributed by atoms with E-state index in [0.29, 0.717) is 24.4 Å². The molecule has 0 radical (unpaired) electrons. The van der Waals surface area contributed by atoms with E-state index in [0.717, 1.165) is 12.8 Å². The van der Waals surface area contributed by atoms with Crippen molar-refractivity contribution in [3.05, 3.63) is 12.3 Å². The molecular weight excluding hydrogens is 194 g/mol. The summed E-state index contributed by atoms with van der Waals surface area (Å²) in [6.07, 6.45) is 6.25. The van der Waals surface area contributed by atoms with Gasteiger partial charge in [0.2, 0.25) is 0 Å². The summed E-state index contributed by atoms with van der Waals surface area (Å²) in [7, 11) is 1.65. The molecule has 1 saturated heterocycles. The van der Waals surface area contributed by atoms with Crippen molar-refractivity contribution in [1.29, 1.82) is 0 Å². The van der Waals surface area contributed by atoms with E-state index < -0.39 is 6.09 Å².